The third-order valence-corrected chi connectivity index (χ3v) is 3.21. The Labute approximate surface area is 123 Å². The summed E-state index contributed by atoms with van der Waals surface area (Å²) in [6.45, 7) is 4.93. The highest BCUT2D eigenvalue weighted by atomic mass is 32.1. The lowest BCUT2D eigenvalue weighted by molar-refractivity contribution is 0.401. The van der Waals surface area contributed by atoms with Gasteiger partial charge < -0.3 is 15.0 Å². The molecule has 0 amide bonds. The van der Waals surface area contributed by atoms with Gasteiger partial charge in [-0.3, -0.25) is 0 Å². The van der Waals surface area contributed by atoms with E-state index in [9.17, 15) is 5.11 Å². The fraction of sp³-hybridized carbons (Fsp3) is 0.357. The zero-order valence-corrected chi connectivity index (χ0v) is 12.6. The zero-order valence-electron chi connectivity index (χ0n) is 11.8. The van der Waals surface area contributed by atoms with Crippen molar-refractivity contribution in [1.29, 1.82) is 0 Å². The molecule has 1 aromatic carbocycles. The third-order valence-electron chi connectivity index (χ3n) is 2.92. The maximum Gasteiger partial charge on any atom is 0.220 e. The second kappa shape index (κ2) is 6.00. The van der Waals surface area contributed by atoms with Crippen molar-refractivity contribution in [3.05, 3.63) is 24.3 Å². The molecule has 0 aliphatic heterocycles. The number of hydrogen-bond donors (Lipinski definition) is 2. The number of fused-ring (bicyclic) bond motifs is 1. The molecule has 0 saturated carbocycles. The van der Waals surface area contributed by atoms with Crippen LogP contribution in [0.2, 0.25) is 0 Å². The van der Waals surface area contributed by atoms with Crippen molar-refractivity contribution in [2.45, 2.75) is 20.4 Å². The van der Waals surface area contributed by atoms with Crippen LogP contribution in [-0.4, -0.2) is 21.8 Å². The number of benzene rings is 1. The minimum atomic E-state index is 0.127. The monoisotopic (exact) mass is 290 g/mol. The van der Waals surface area contributed by atoms with E-state index in [1.807, 2.05) is 28.8 Å². The first-order valence-electron chi connectivity index (χ1n) is 6.48. The van der Waals surface area contributed by atoms with Gasteiger partial charge in [-0.1, -0.05) is 32.0 Å². The normalized spacial score (nSPS) is 11.6. The molecule has 0 bridgehead atoms. The quantitative estimate of drug-likeness (QED) is 0.671. The molecule has 0 radical (unpaired) electrons. The van der Waals surface area contributed by atoms with Gasteiger partial charge in [-0.15, -0.1) is 10.2 Å². The van der Waals surface area contributed by atoms with Crippen molar-refractivity contribution in [2.75, 3.05) is 7.05 Å². The minimum absolute atomic E-state index is 0.127. The lowest BCUT2D eigenvalue weighted by atomic mass is 10.2. The fourth-order valence-electron chi connectivity index (χ4n) is 2.07. The van der Waals surface area contributed by atoms with Gasteiger partial charge in [0.15, 0.2) is 5.69 Å². The molecule has 0 fully saturated rings. The van der Waals surface area contributed by atoms with Crippen LogP contribution in [0, 0.1) is 5.92 Å². The van der Waals surface area contributed by atoms with Gasteiger partial charge in [0.2, 0.25) is 11.0 Å². The summed E-state index contributed by atoms with van der Waals surface area (Å²) in [6, 6.07) is 7.74. The second-order valence-electron chi connectivity index (χ2n) is 4.95. The first kappa shape index (κ1) is 14.5. The smallest absolute Gasteiger partial charge is 0.220 e. The molecule has 0 atom stereocenters. The number of aromatic nitrogens is 1. The van der Waals surface area contributed by atoms with Crippen molar-refractivity contribution in [1.82, 2.24) is 9.88 Å². The van der Waals surface area contributed by atoms with E-state index in [0.29, 0.717) is 11.6 Å². The Morgan fingerprint density at radius 2 is 2.10 bits per heavy atom. The summed E-state index contributed by atoms with van der Waals surface area (Å²) in [5.74, 6) is 0.544. The number of hydrogen-bond acceptors (Lipinski definition) is 3. The summed E-state index contributed by atoms with van der Waals surface area (Å²) in [5.41, 5.74) is 1.40. The Morgan fingerprint density at radius 3 is 2.75 bits per heavy atom. The summed E-state index contributed by atoms with van der Waals surface area (Å²) in [5, 5.41) is 22.2. The average molecular weight is 290 g/mol. The number of nitrogens with one attached hydrogen (secondary N) is 1. The molecule has 0 aliphatic rings. The predicted molar refractivity (Wildman–Crippen MR) is 84.6 cm³/mol. The van der Waals surface area contributed by atoms with Gasteiger partial charge in [0.05, 0.1) is 5.52 Å². The standard InChI is InChI=1S/C14H18N4OS/c1-9(2)8-18-11-7-5-4-6-10(11)12(13(18)19)16-17-14(20)15-3/h4-7,9,19H,8H2,1-3H3,(H,15,20). The Hall–Kier alpha value is -1.95. The van der Waals surface area contributed by atoms with Crippen LogP contribution in [0.25, 0.3) is 10.9 Å². The molecule has 2 aromatic rings. The molecule has 20 heavy (non-hydrogen) atoms. The highest BCUT2D eigenvalue weighted by Gasteiger charge is 2.16. The maximum absolute atomic E-state index is 10.4. The van der Waals surface area contributed by atoms with Gasteiger partial charge in [0.25, 0.3) is 0 Å². The number of para-hydroxylation sites is 1. The molecule has 2 N–H and O–H groups in total. The zero-order chi connectivity index (χ0) is 14.7. The van der Waals surface area contributed by atoms with Crippen molar-refractivity contribution >= 4 is 33.9 Å². The first-order valence-corrected chi connectivity index (χ1v) is 6.89. The van der Waals surface area contributed by atoms with Crippen molar-refractivity contribution in [2.24, 2.45) is 16.1 Å². The van der Waals surface area contributed by atoms with Crippen LogP contribution in [0.5, 0.6) is 5.88 Å². The topological polar surface area (TPSA) is 61.9 Å². The largest absolute Gasteiger partial charge is 0.493 e. The fourth-order valence-corrected chi connectivity index (χ4v) is 2.11. The van der Waals surface area contributed by atoms with Crippen LogP contribution in [0.3, 0.4) is 0 Å². The van der Waals surface area contributed by atoms with E-state index >= 15 is 0 Å². The molecule has 1 aromatic heterocycles. The summed E-state index contributed by atoms with van der Waals surface area (Å²) < 4.78 is 1.86. The van der Waals surface area contributed by atoms with Crippen LogP contribution >= 0.6 is 12.2 Å². The van der Waals surface area contributed by atoms with Crippen LogP contribution in [0.4, 0.5) is 5.69 Å². The number of azo groups is 1. The SMILES string of the molecule is CNC(=S)N=Nc1c(O)n(CC(C)C)c2ccccc12. The van der Waals surface area contributed by atoms with Crippen LogP contribution in [0.15, 0.2) is 34.5 Å². The van der Waals surface area contributed by atoms with Gasteiger partial charge >= 0.3 is 0 Å². The summed E-state index contributed by atoms with van der Waals surface area (Å²) >= 11 is 4.94. The lowest BCUT2D eigenvalue weighted by Crippen LogP contribution is -2.11. The predicted octanol–water partition coefficient (Wildman–Crippen LogP) is 3.59. The van der Waals surface area contributed by atoms with Crippen molar-refractivity contribution in [3.63, 3.8) is 0 Å². The molecular formula is C14H18N4OS. The Bertz CT molecular complexity index is 660. The third kappa shape index (κ3) is 2.80. The van der Waals surface area contributed by atoms with E-state index in [2.05, 4.69) is 29.4 Å². The summed E-state index contributed by atoms with van der Waals surface area (Å²) in [6.07, 6.45) is 0. The van der Waals surface area contributed by atoms with E-state index in [-0.39, 0.29) is 11.0 Å². The molecule has 5 nitrogen and oxygen atoms in total. The second-order valence-corrected chi connectivity index (χ2v) is 5.34. The minimum Gasteiger partial charge on any atom is -0.493 e. The molecule has 0 spiro atoms. The van der Waals surface area contributed by atoms with Gasteiger partial charge in [0.1, 0.15) is 0 Å². The molecule has 6 heteroatoms. The summed E-state index contributed by atoms with van der Waals surface area (Å²) in [7, 11) is 1.68. The molecular weight excluding hydrogens is 272 g/mol. The van der Waals surface area contributed by atoms with E-state index in [1.54, 1.807) is 7.05 Å². The lowest BCUT2D eigenvalue weighted by Gasteiger charge is -2.09. The van der Waals surface area contributed by atoms with E-state index in [4.69, 9.17) is 12.2 Å². The molecule has 2 rings (SSSR count). The Balaban J connectivity index is 2.56. The van der Waals surface area contributed by atoms with Crippen LogP contribution in [-0.2, 0) is 6.54 Å². The van der Waals surface area contributed by atoms with E-state index in [0.717, 1.165) is 17.4 Å². The summed E-state index contributed by atoms with van der Waals surface area (Å²) in [4.78, 5) is 0. The highest BCUT2D eigenvalue weighted by Crippen LogP contribution is 2.39. The Morgan fingerprint density at radius 1 is 1.40 bits per heavy atom. The highest BCUT2D eigenvalue weighted by molar-refractivity contribution is 7.80. The molecule has 106 valence electrons. The molecule has 0 unspecified atom stereocenters. The van der Waals surface area contributed by atoms with Gasteiger partial charge in [0, 0.05) is 19.0 Å². The van der Waals surface area contributed by atoms with E-state index in [1.165, 1.54) is 0 Å². The Kier molecular flexibility index (Phi) is 4.34. The van der Waals surface area contributed by atoms with Gasteiger partial charge in [-0.2, -0.15) is 0 Å². The van der Waals surface area contributed by atoms with Crippen LogP contribution in [0.1, 0.15) is 13.8 Å². The van der Waals surface area contributed by atoms with Gasteiger partial charge in [-0.25, -0.2) is 0 Å². The van der Waals surface area contributed by atoms with Crippen LogP contribution < -0.4 is 5.32 Å². The molecule has 0 aliphatic carbocycles. The molecule has 0 saturated heterocycles. The van der Waals surface area contributed by atoms with Gasteiger partial charge in [-0.05, 0) is 24.2 Å². The number of nitrogens with zero attached hydrogens (tertiary/aromatic N) is 3. The number of thiocarbonyl (C=S) groups is 1. The van der Waals surface area contributed by atoms with E-state index < -0.39 is 0 Å². The number of aromatic hydroxyl groups is 1. The number of rotatable bonds is 3. The molecule has 1 heterocycles. The average Bonchev–Trinajstić information content (AvgIpc) is 2.69. The van der Waals surface area contributed by atoms with Crippen molar-refractivity contribution < 1.29 is 5.11 Å². The first-order chi connectivity index (χ1) is 9.54. The maximum atomic E-state index is 10.4. The van der Waals surface area contributed by atoms with Crippen molar-refractivity contribution in [3.8, 4) is 5.88 Å².